The van der Waals surface area contributed by atoms with E-state index in [1.165, 1.54) is 12.1 Å². The molecule has 1 aliphatic heterocycles. The molecule has 0 radical (unpaired) electrons. The van der Waals surface area contributed by atoms with Crippen LogP contribution in [-0.4, -0.2) is 48.7 Å². The number of morpholine rings is 1. The zero-order valence-corrected chi connectivity index (χ0v) is 22.7. The number of carbonyl (C=O) groups is 1. The van der Waals surface area contributed by atoms with Gasteiger partial charge in [-0.1, -0.05) is 34.6 Å². The minimum absolute atomic E-state index is 0.206. The minimum Gasteiger partial charge on any atom is -0.378 e. The summed E-state index contributed by atoms with van der Waals surface area (Å²) in [6.07, 6.45) is 2.52. The lowest BCUT2D eigenvalue weighted by Crippen LogP contribution is -2.36. The molecule has 202 valence electrons. The first-order valence-corrected chi connectivity index (χ1v) is 13.1. The SMILES string of the molecule is CC.CC.CCCNC(=O)c1cc(C(C)Nc2cc(F)cc(F)c2)c2nc(N3CCOCC3)cnc2c1. The van der Waals surface area contributed by atoms with Gasteiger partial charge in [-0.05, 0) is 37.6 Å². The number of hydrogen-bond acceptors (Lipinski definition) is 6. The van der Waals surface area contributed by atoms with Crippen LogP contribution >= 0.6 is 0 Å². The van der Waals surface area contributed by atoms with Gasteiger partial charge in [0.15, 0.2) is 0 Å². The van der Waals surface area contributed by atoms with E-state index in [1.54, 1.807) is 18.3 Å². The summed E-state index contributed by atoms with van der Waals surface area (Å²) in [5.74, 6) is -0.824. The first kappa shape index (κ1) is 29.9. The molecule has 37 heavy (non-hydrogen) atoms. The Balaban J connectivity index is 0.00000115. The van der Waals surface area contributed by atoms with Crippen LogP contribution in [-0.2, 0) is 4.74 Å². The van der Waals surface area contributed by atoms with Crippen molar-refractivity contribution in [1.82, 2.24) is 15.3 Å². The lowest BCUT2D eigenvalue weighted by atomic mass is 10.0. The highest BCUT2D eigenvalue weighted by Crippen LogP contribution is 2.29. The molecule has 0 aliphatic carbocycles. The molecular formula is C28H39F2N5O2. The number of carbonyl (C=O) groups excluding carboxylic acids is 1. The summed E-state index contributed by atoms with van der Waals surface area (Å²) >= 11 is 0. The van der Waals surface area contributed by atoms with Gasteiger partial charge in [0.05, 0.1) is 36.5 Å². The molecule has 2 N–H and O–H groups in total. The number of amides is 1. The average Bonchev–Trinajstić information content (AvgIpc) is 2.93. The predicted octanol–water partition coefficient (Wildman–Crippen LogP) is 6.11. The fourth-order valence-corrected chi connectivity index (χ4v) is 3.84. The molecule has 0 bridgehead atoms. The van der Waals surface area contributed by atoms with E-state index >= 15 is 0 Å². The van der Waals surface area contributed by atoms with E-state index < -0.39 is 17.7 Å². The first-order valence-electron chi connectivity index (χ1n) is 13.1. The molecule has 2 heterocycles. The first-order chi connectivity index (χ1) is 17.9. The molecule has 1 atom stereocenters. The minimum atomic E-state index is -0.670. The number of nitrogens with zero attached hydrogens (tertiary/aromatic N) is 3. The Morgan fingerprint density at radius 2 is 1.70 bits per heavy atom. The quantitative estimate of drug-likeness (QED) is 0.395. The van der Waals surface area contributed by atoms with Gasteiger partial charge in [0.1, 0.15) is 17.5 Å². The van der Waals surface area contributed by atoms with Gasteiger partial charge in [-0.15, -0.1) is 0 Å². The van der Waals surface area contributed by atoms with E-state index in [1.807, 2.05) is 41.5 Å². The smallest absolute Gasteiger partial charge is 0.251 e. The highest BCUT2D eigenvalue weighted by atomic mass is 19.1. The molecule has 1 aliphatic rings. The van der Waals surface area contributed by atoms with E-state index in [4.69, 9.17) is 9.72 Å². The summed E-state index contributed by atoms with van der Waals surface area (Å²) in [6.45, 7) is 15.1. The van der Waals surface area contributed by atoms with E-state index in [0.29, 0.717) is 60.7 Å². The highest BCUT2D eigenvalue weighted by Gasteiger charge is 2.19. The van der Waals surface area contributed by atoms with E-state index in [2.05, 4.69) is 20.5 Å². The highest BCUT2D eigenvalue weighted by molar-refractivity contribution is 5.98. The summed E-state index contributed by atoms with van der Waals surface area (Å²) in [5, 5.41) is 6.01. The van der Waals surface area contributed by atoms with Crippen LogP contribution in [0.25, 0.3) is 11.0 Å². The van der Waals surface area contributed by atoms with Crippen LogP contribution in [0.5, 0.6) is 0 Å². The van der Waals surface area contributed by atoms with Crippen molar-refractivity contribution >= 4 is 28.4 Å². The summed E-state index contributed by atoms with van der Waals surface area (Å²) < 4.78 is 32.8. The lowest BCUT2D eigenvalue weighted by Gasteiger charge is -2.28. The molecule has 0 spiro atoms. The Morgan fingerprint density at radius 1 is 1.05 bits per heavy atom. The molecule has 3 aromatic rings. The third kappa shape index (κ3) is 8.08. The maximum absolute atomic E-state index is 13.7. The van der Waals surface area contributed by atoms with Gasteiger partial charge in [-0.2, -0.15) is 0 Å². The third-order valence-electron chi connectivity index (χ3n) is 5.51. The van der Waals surface area contributed by atoms with Crippen molar-refractivity contribution in [3.05, 3.63) is 59.3 Å². The van der Waals surface area contributed by atoms with Gasteiger partial charge in [-0.3, -0.25) is 9.78 Å². The third-order valence-corrected chi connectivity index (χ3v) is 5.51. The van der Waals surface area contributed by atoms with Crippen LogP contribution < -0.4 is 15.5 Å². The number of aromatic nitrogens is 2. The molecule has 1 saturated heterocycles. The molecular weight excluding hydrogens is 476 g/mol. The Morgan fingerprint density at radius 3 is 2.32 bits per heavy atom. The number of rotatable bonds is 7. The maximum atomic E-state index is 13.7. The van der Waals surface area contributed by atoms with Crippen molar-refractivity contribution in [2.75, 3.05) is 43.1 Å². The number of fused-ring (bicyclic) bond motifs is 1. The molecule has 2 aromatic carbocycles. The summed E-state index contributed by atoms with van der Waals surface area (Å²) in [6, 6.07) is 6.35. The average molecular weight is 516 g/mol. The molecule has 9 heteroatoms. The number of halogens is 2. The molecule has 1 unspecified atom stereocenters. The van der Waals surface area contributed by atoms with Gasteiger partial charge in [0.25, 0.3) is 5.91 Å². The number of benzene rings is 2. The Labute approximate surface area is 218 Å². The standard InChI is InChI=1S/C24H27F2N5O2.2C2H6/c1-3-4-27-24(32)16-9-20(15(2)29-19-12-17(25)11-18(26)13-19)23-21(10-16)28-14-22(30-23)31-5-7-33-8-6-31;2*1-2/h9-15,29H,3-8H2,1-2H3,(H,27,32);2*1-2H3. The number of nitrogens with one attached hydrogen (secondary N) is 2. The fraction of sp³-hybridized carbons (Fsp3) is 0.464. The number of hydrogen-bond donors (Lipinski definition) is 2. The molecule has 7 nitrogen and oxygen atoms in total. The zero-order valence-electron chi connectivity index (χ0n) is 22.7. The van der Waals surface area contributed by atoms with Crippen LogP contribution in [0.3, 0.4) is 0 Å². The maximum Gasteiger partial charge on any atom is 0.251 e. The number of ether oxygens (including phenoxy) is 1. The normalized spacial score (nSPS) is 13.6. The van der Waals surface area contributed by atoms with Gasteiger partial charge in [-0.25, -0.2) is 13.8 Å². The Kier molecular flexibility index (Phi) is 12.2. The summed E-state index contributed by atoms with van der Waals surface area (Å²) in [7, 11) is 0. The predicted molar refractivity (Wildman–Crippen MR) is 146 cm³/mol. The van der Waals surface area contributed by atoms with Gasteiger partial charge in [0.2, 0.25) is 0 Å². The Bertz CT molecular complexity index is 1130. The molecule has 1 fully saturated rings. The van der Waals surface area contributed by atoms with Gasteiger partial charge >= 0.3 is 0 Å². The van der Waals surface area contributed by atoms with Crippen molar-refractivity contribution < 1.29 is 18.3 Å². The van der Waals surface area contributed by atoms with E-state index in [9.17, 15) is 13.6 Å². The topological polar surface area (TPSA) is 79.4 Å². The van der Waals surface area contributed by atoms with E-state index in [-0.39, 0.29) is 5.91 Å². The van der Waals surface area contributed by atoms with Crippen LogP contribution in [0.4, 0.5) is 20.3 Å². The largest absolute Gasteiger partial charge is 0.378 e. The van der Waals surface area contributed by atoms with Crippen LogP contribution in [0.15, 0.2) is 36.5 Å². The van der Waals surface area contributed by atoms with Gasteiger partial charge < -0.3 is 20.3 Å². The Hall–Kier alpha value is -3.33. The van der Waals surface area contributed by atoms with Crippen molar-refractivity contribution in [3.63, 3.8) is 0 Å². The van der Waals surface area contributed by atoms with Crippen molar-refractivity contribution in [2.45, 2.75) is 54.0 Å². The van der Waals surface area contributed by atoms with Crippen molar-refractivity contribution in [1.29, 1.82) is 0 Å². The van der Waals surface area contributed by atoms with E-state index in [0.717, 1.165) is 18.3 Å². The second-order valence-corrected chi connectivity index (χ2v) is 8.04. The lowest BCUT2D eigenvalue weighted by molar-refractivity contribution is 0.0953. The van der Waals surface area contributed by atoms with Crippen molar-refractivity contribution in [2.24, 2.45) is 0 Å². The van der Waals surface area contributed by atoms with Gasteiger partial charge in [0, 0.05) is 42.5 Å². The summed E-state index contributed by atoms with van der Waals surface area (Å²) in [4.78, 5) is 24.2. The molecule has 4 rings (SSSR count). The van der Waals surface area contributed by atoms with Crippen LogP contribution in [0.1, 0.15) is 69.9 Å². The summed E-state index contributed by atoms with van der Waals surface area (Å²) in [5.41, 5.74) is 2.67. The second-order valence-electron chi connectivity index (χ2n) is 8.04. The fourth-order valence-electron chi connectivity index (χ4n) is 3.84. The zero-order chi connectivity index (χ0) is 27.4. The molecule has 1 amide bonds. The van der Waals surface area contributed by atoms with Crippen LogP contribution in [0, 0.1) is 11.6 Å². The molecule has 0 saturated carbocycles. The monoisotopic (exact) mass is 515 g/mol. The number of anilines is 2. The van der Waals surface area contributed by atoms with Crippen molar-refractivity contribution in [3.8, 4) is 0 Å². The molecule has 1 aromatic heterocycles. The van der Waals surface area contributed by atoms with Crippen LogP contribution in [0.2, 0.25) is 0 Å². The second kappa shape index (κ2) is 15.0.